The van der Waals surface area contributed by atoms with Gasteiger partial charge in [0.15, 0.2) is 0 Å². The number of likely N-dealkylation sites (tertiary alicyclic amines) is 1. The molecule has 4 nitrogen and oxygen atoms in total. The summed E-state index contributed by atoms with van der Waals surface area (Å²) in [7, 11) is 0. The molecule has 3 atom stereocenters. The predicted molar refractivity (Wildman–Crippen MR) is 86.0 cm³/mol. The van der Waals surface area contributed by atoms with E-state index in [1.54, 1.807) is 6.08 Å². The van der Waals surface area contributed by atoms with Crippen molar-refractivity contribution in [2.24, 2.45) is 11.7 Å². The summed E-state index contributed by atoms with van der Waals surface area (Å²) < 4.78 is 0. The molecule has 0 aliphatic carbocycles. The van der Waals surface area contributed by atoms with Gasteiger partial charge in [-0.3, -0.25) is 9.69 Å². The SMILES string of the molecule is C=CCNC(=O)C(C)N1C[C@@H](CN)[C@H](c2ccccc2)C1. The number of carbonyl (C=O) groups is 1. The zero-order valence-electron chi connectivity index (χ0n) is 12.7. The minimum absolute atomic E-state index is 0.0550. The van der Waals surface area contributed by atoms with E-state index in [1.165, 1.54) is 5.56 Å². The Morgan fingerprint density at radius 3 is 2.81 bits per heavy atom. The third-order valence-corrected chi connectivity index (χ3v) is 4.35. The van der Waals surface area contributed by atoms with Crippen molar-refractivity contribution < 1.29 is 4.79 Å². The van der Waals surface area contributed by atoms with Crippen LogP contribution in [0.3, 0.4) is 0 Å². The number of benzene rings is 1. The molecule has 1 aliphatic heterocycles. The molecule has 1 heterocycles. The second-order valence-corrected chi connectivity index (χ2v) is 5.68. The van der Waals surface area contributed by atoms with Gasteiger partial charge in [0, 0.05) is 25.6 Å². The standard InChI is InChI=1S/C17H25N3O/c1-3-9-19-17(21)13(2)20-11-15(10-18)16(12-20)14-7-5-4-6-8-14/h3-8,13,15-16H,1,9-12,18H2,2H3,(H,19,21)/t13?,15-,16+/m1/s1. The molecule has 114 valence electrons. The van der Waals surface area contributed by atoms with Gasteiger partial charge >= 0.3 is 0 Å². The summed E-state index contributed by atoms with van der Waals surface area (Å²) in [6.45, 7) is 8.50. The Bertz CT molecular complexity index is 474. The summed E-state index contributed by atoms with van der Waals surface area (Å²) in [4.78, 5) is 14.3. The fourth-order valence-corrected chi connectivity index (χ4v) is 3.02. The highest BCUT2D eigenvalue weighted by Gasteiger charge is 2.36. The monoisotopic (exact) mass is 287 g/mol. The van der Waals surface area contributed by atoms with Crippen LogP contribution >= 0.6 is 0 Å². The van der Waals surface area contributed by atoms with Crippen molar-refractivity contribution in [1.29, 1.82) is 0 Å². The van der Waals surface area contributed by atoms with E-state index in [9.17, 15) is 4.79 Å². The lowest BCUT2D eigenvalue weighted by Crippen LogP contribution is -2.44. The van der Waals surface area contributed by atoms with Crippen molar-refractivity contribution in [3.8, 4) is 0 Å². The first-order chi connectivity index (χ1) is 10.2. The van der Waals surface area contributed by atoms with Gasteiger partial charge < -0.3 is 11.1 Å². The number of hydrogen-bond donors (Lipinski definition) is 2. The first-order valence-electron chi connectivity index (χ1n) is 7.55. The van der Waals surface area contributed by atoms with Gasteiger partial charge in [-0.25, -0.2) is 0 Å². The molecule has 1 aromatic carbocycles. The zero-order valence-corrected chi connectivity index (χ0v) is 12.7. The summed E-state index contributed by atoms with van der Waals surface area (Å²) in [6.07, 6.45) is 1.70. The Balaban J connectivity index is 2.04. The number of carbonyl (C=O) groups excluding carboxylic acids is 1. The Morgan fingerprint density at radius 1 is 1.48 bits per heavy atom. The maximum Gasteiger partial charge on any atom is 0.237 e. The molecule has 1 amide bonds. The third kappa shape index (κ3) is 3.71. The lowest BCUT2D eigenvalue weighted by atomic mass is 9.89. The average Bonchev–Trinajstić information content (AvgIpc) is 2.97. The predicted octanol–water partition coefficient (Wildman–Crippen LogP) is 1.35. The minimum Gasteiger partial charge on any atom is -0.351 e. The summed E-state index contributed by atoms with van der Waals surface area (Å²) in [5.74, 6) is 0.868. The average molecular weight is 287 g/mol. The maximum atomic E-state index is 12.1. The summed E-state index contributed by atoms with van der Waals surface area (Å²) >= 11 is 0. The van der Waals surface area contributed by atoms with Crippen LogP contribution in [0.25, 0.3) is 0 Å². The Kier molecular flexibility index (Phi) is 5.53. The van der Waals surface area contributed by atoms with E-state index in [0.717, 1.165) is 13.1 Å². The van der Waals surface area contributed by atoms with Crippen LogP contribution in [-0.4, -0.2) is 43.0 Å². The van der Waals surface area contributed by atoms with Crippen molar-refractivity contribution in [2.45, 2.75) is 18.9 Å². The molecule has 3 N–H and O–H groups in total. The van der Waals surface area contributed by atoms with Crippen molar-refractivity contribution in [1.82, 2.24) is 10.2 Å². The second kappa shape index (κ2) is 7.38. The molecule has 0 aromatic heterocycles. The van der Waals surface area contributed by atoms with E-state index in [4.69, 9.17) is 5.73 Å². The van der Waals surface area contributed by atoms with Crippen LogP contribution in [0.4, 0.5) is 0 Å². The van der Waals surface area contributed by atoms with Gasteiger partial charge in [-0.1, -0.05) is 36.4 Å². The maximum absolute atomic E-state index is 12.1. The molecule has 0 bridgehead atoms. The lowest BCUT2D eigenvalue weighted by Gasteiger charge is -2.23. The summed E-state index contributed by atoms with van der Waals surface area (Å²) in [5, 5.41) is 2.87. The van der Waals surface area contributed by atoms with Gasteiger partial charge in [0.2, 0.25) is 5.91 Å². The normalized spacial score (nSPS) is 23.7. The fourth-order valence-electron chi connectivity index (χ4n) is 3.02. The lowest BCUT2D eigenvalue weighted by molar-refractivity contribution is -0.125. The van der Waals surface area contributed by atoms with Crippen LogP contribution < -0.4 is 11.1 Å². The Labute approximate surface area is 127 Å². The molecule has 1 aromatic rings. The van der Waals surface area contributed by atoms with E-state index in [-0.39, 0.29) is 11.9 Å². The first kappa shape index (κ1) is 15.7. The van der Waals surface area contributed by atoms with E-state index in [2.05, 4.69) is 41.1 Å². The van der Waals surface area contributed by atoms with Crippen molar-refractivity contribution in [2.75, 3.05) is 26.2 Å². The van der Waals surface area contributed by atoms with Crippen molar-refractivity contribution >= 4 is 5.91 Å². The number of nitrogens with one attached hydrogen (secondary N) is 1. The molecule has 0 saturated carbocycles. The van der Waals surface area contributed by atoms with Crippen LogP contribution in [0, 0.1) is 5.92 Å². The van der Waals surface area contributed by atoms with Gasteiger partial charge in [0.25, 0.3) is 0 Å². The zero-order chi connectivity index (χ0) is 15.2. The molecular formula is C17H25N3O. The molecule has 1 aliphatic rings. The van der Waals surface area contributed by atoms with Crippen LogP contribution in [0.2, 0.25) is 0 Å². The first-order valence-corrected chi connectivity index (χ1v) is 7.55. The molecule has 0 spiro atoms. The van der Waals surface area contributed by atoms with Gasteiger partial charge in [-0.15, -0.1) is 6.58 Å². The Hall–Kier alpha value is -1.65. The van der Waals surface area contributed by atoms with Crippen molar-refractivity contribution in [3.63, 3.8) is 0 Å². The Morgan fingerprint density at radius 2 is 2.19 bits per heavy atom. The third-order valence-electron chi connectivity index (χ3n) is 4.35. The molecule has 1 fully saturated rings. The van der Waals surface area contributed by atoms with Gasteiger partial charge in [0.1, 0.15) is 0 Å². The summed E-state index contributed by atoms with van der Waals surface area (Å²) in [5.41, 5.74) is 7.25. The largest absolute Gasteiger partial charge is 0.351 e. The van der Waals surface area contributed by atoms with Gasteiger partial charge in [-0.2, -0.15) is 0 Å². The number of hydrogen-bond acceptors (Lipinski definition) is 3. The fraction of sp³-hybridized carbons (Fsp3) is 0.471. The van der Waals surface area contributed by atoms with E-state index >= 15 is 0 Å². The molecule has 21 heavy (non-hydrogen) atoms. The molecule has 4 heteroatoms. The molecule has 1 unspecified atom stereocenters. The van der Waals surface area contributed by atoms with Crippen LogP contribution in [0.15, 0.2) is 43.0 Å². The quantitative estimate of drug-likeness (QED) is 0.777. The highest BCUT2D eigenvalue weighted by molar-refractivity contribution is 5.81. The molecule has 2 rings (SSSR count). The van der Waals surface area contributed by atoms with Gasteiger partial charge in [0.05, 0.1) is 6.04 Å². The van der Waals surface area contributed by atoms with Crippen molar-refractivity contribution in [3.05, 3.63) is 48.6 Å². The highest BCUT2D eigenvalue weighted by atomic mass is 16.2. The topological polar surface area (TPSA) is 58.4 Å². The number of amides is 1. The number of nitrogens with zero attached hydrogens (tertiary/aromatic N) is 1. The molecular weight excluding hydrogens is 262 g/mol. The van der Waals surface area contributed by atoms with Gasteiger partial charge in [-0.05, 0) is 24.9 Å². The van der Waals surface area contributed by atoms with Crippen LogP contribution in [0.1, 0.15) is 18.4 Å². The van der Waals surface area contributed by atoms with Crippen LogP contribution in [0.5, 0.6) is 0 Å². The molecule has 1 saturated heterocycles. The van der Waals surface area contributed by atoms with E-state index < -0.39 is 0 Å². The van der Waals surface area contributed by atoms with E-state index in [0.29, 0.717) is 24.9 Å². The summed E-state index contributed by atoms with van der Waals surface area (Å²) in [6, 6.07) is 10.3. The molecule has 0 radical (unpaired) electrons. The second-order valence-electron chi connectivity index (χ2n) is 5.68. The number of nitrogens with two attached hydrogens (primary N) is 1. The van der Waals surface area contributed by atoms with Crippen LogP contribution in [-0.2, 0) is 4.79 Å². The number of rotatable bonds is 6. The highest BCUT2D eigenvalue weighted by Crippen LogP contribution is 2.32. The van der Waals surface area contributed by atoms with E-state index in [1.807, 2.05) is 13.0 Å². The smallest absolute Gasteiger partial charge is 0.237 e. The minimum atomic E-state index is -0.132.